The van der Waals surface area contributed by atoms with Crippen LogP contribution in [0.1, 0.15) is 15.9 Å². The number of rotatable bonds is 4. The molecule has 0 spiro atoms. The molecule has 0 saturated heterocycles. The van der Waals surface area contributed by atoms with Crippen LogP contribution in [0.4, 0.5) is 5.69 Å². The molecule has 7 nitrogen and oxygen atoms in total. The van der Waals surface area contributed by atoms with Gasteiger partial charge in [-0.1, -0.05) is 29.0 Å². The van der Waals surface area contributed by atoms with Gasteiger partial charge in [-0.2, -0.15) is 9.61 Å². The van der Waals surface area contributed by atoms with Crippen LogP contribution >= 0.6 is 11.3 Å². The summed E-state index contributed by atoms with van der Waals surface area (Å²) in [7, 11) is 1.57. The van der Waals surface area contributed by atoms with Crippen LogP contribution in [0.5, 0.6) is 5.75 Å². The van der Waals surface area contributed by atoms with Crippen molar-refractivity contribution in [1.82, 2.24) is 19.8 Å². The molecule has 26 heavy (non-hydrogen) atoms. The zero-order chi connectivity index (χ0) is 18.1. The SMILES string of the molecule is COc1ccc(-c2nn3cnnc3s2)cc1NC(=O)c1ccc(C)cc1. The first-order valence-electron chi connectivity index (χ1n) is 7.87. The zero-order valence-electron chi connectivity index (χ0n) is 14.1. The summed E-state index contributed by atoms with van der Waals surface area (Å²) >= 11 is 1.42. The first-order valence-corrected chi connectivity index (χ1v) is 8.69. The van der Waals surface area contributed by atoms with Gasteiger partial charge in [-0.05, 0) is 37.3 Å². The number of hydrogen-bond acceptors (Lipinski definition) is 6. The summed E-state index contributed by atoms with van der Waals surface area (Å²) < 4.78 is 7.00. The van der Waals surface area contributed by atoms with E-state index in [1.807, 2.05) is 37.3 Å². The fraction of sp³-hybridized carbons (Fsp3) is 0.111. The maximum Gasteiger partial charge on any atom is 0.255 e. The average Bonchev–Trinajstić information content (AvgIpc) is 3.24. The van der Waals surface area contributed by atoms with Crippen molar-refractivity contribution in [2.45, 2.75) is 6.92 Å². The largest absolute Gasteiger partial charge is 0.495 e. The molecule has 0 aliphatic rings. The predicted molar refractivity (Wildman–Crippen MR) is 99.8 cm³/mol. The minimum atomic E-state index is -0.196. The van der Waals surface area contributed by atoms with Gasteiger partial charge in [0.15, 0.2) is 0 Å². The fourth-order valence-corrected chi connectivity index (χ4v) is 3.33. The van der Waals surface area contributed by atoms with E-state index >= 15 is 0 Å². The monoisotopic (exact) mass is 365 g/mol. The van der Waals surface area contributed by atoms with E-state index in [1.165, 1.54) is 11.3 Å². The summed E-state index contributed by atoms with van der Waals surface area (Å²) in [6.45, 7) is 1.98. The Kier molecular flexibility index (Phi) is 4.10. The number of anilines is 1. The molecule has 2 aromatic heterocycles. The first-order chi connectivity index (χ1) is 12.6. The molecule has 1 N–H and O–H groups in total. The number of carbonyl (C=O) groups excluding carboxylic acids is 1. The fourth-order valence-electron chi connectivity index (χ4n) is 2.51. The molecule has 0 fully saturated rings. The molecule has 0 radical (unpaired) electrons. The maximum absolute atomic E-state index is 12.5. The van der Waals surface area contributed by atoms with Crippen LogP contribution in [0, 0.1) is 6.92 Å². The molecule has 0 bridgehead atoms. The average molecular weight is 365 g/mol. The van der Waals surface area contributed by atoms with Gasteiger partial charge in [-0.25, -0.2) is 0 Å². The molecule has 0 unspecified atom stereocenters. The Balaban J connectivity index is 1.66. The van der Waals surface area contributed by atoms with Crippen molar-refractivity contribution in [3.05, 3.63) is 59.9 Å². The summed E-state index contributed by atoms with van der Waals surface area (Å²) in [5.74, 6) is 0.385. The molecule has 0 atom stereocenters. The minimum Gasteiger partial charge on any atom is -0.495 e. The van der Waals surface area contributed by atoms with Crippen molar-refractivity contribution in [3.8, 4) is 16.3 Å². The van der Waals surface area contributed by atoms with Gasteiger partial charge in [0.05, 0.1) is 12.8 Å². The van der Waals surface area contributed by atoms with Gasteiger partial charge in [0.2, 0.25) is 4.96 Å². The number of carbonyl (C=O) groups is 1. The molecule has 0 aliphatic carbocycles. The van der Waals surface area contributed by atoms with Gasteiger partial charge in [-0.15, -0.1) is 10.2 Å². The molecule has 2 heterocycles. The number of nitrogens with one attached hydrogen (secondary N) is 1. The summed E-state index contributed by atoms with van der Waals surface area (Å²) in [6.07, 6.45) is 1.55. The summed E-state index contributed by atoms with van der Waals surface area (Å²) in [5, 5.41) is 15.9. The van der Waals surface area contributed by atoms with Crippen LogP contribution in [0.25, 0.3) is 15.5 Å². The van der Waals surface area contributed by atoms with E-state index in [2.05, 4.69) is 20.6 Å². The lowest BCUT2D eigenvalue weighted by Gasteiger charge is -2.11. The predicted octanol–water partition coefficient (Wildman–Crippen LogP) is 3.42. The third-order valence-electron chi connectivity index (χ3n) is 3.90. The van der Waals surface area contributed by atoms with E-state index in [9.17, 15) is 4.79 Å². The lowest BCUT2D eigenvalue weighted by molar-refractivity contribution is 0.102. The Labute approximate surface area is 153 Å². The summed E-state index contributed by atoms with van der Waals surface area (Å²) in [6, 6.07) is 12.9. The van der Waals surface area contributed by atoms with Crippen molar-refractivity contribution in [2.24, 2.45) is 0 Å². The zero-order valence-corrected chi connectivity index (χ0v) is 14.9. The quantitative estimate of drug-likeness (QED) is 0.599. The van der Waals surface area contributed by atoms with Gasteiger partial charge in [0.1, 0.15) is 17.1 Å². The Hall–Kier alpha value is -3.26. The van der Waals surface area contributed by atoms with E-state index in [4.69, 9.17) is 4.74 Å². The molecular weight excluding hydrogens is 350 g/mol. The summed E-state index contributed by atoms with van der Waals surface area (Å²) in [4.78, 5) is 13.2. The van der Waals surface area contributed by atoms with Crippen LogP contribution < -0.4 is 10.1 Å². The maximum atomic E-state index is 12.5. The number of benzene rings is 2. The van der Waals surface area contributed by atoms with Crippen molar-refractivity contribution in [2.75, 3.05) is 12.4 Å². The van der Waals surface area contributed by atoms with Gasteiger partial charge in [0.25, 0.3) is 5.91 Å². The normalized spacial score (nSPS) is 10.8. The van der Waals surface area contributed by atoms with Crippen LogP contribution in [-0.4, -0.2) is 32.8 Å². The van der Waals surface area contributed by atoms with Gasteiger partial charge < -0.3 is 10.1 Å². The molecule has 0 saturated carbocycles. The van der Waals surface area contributed by atoms with Crippen molar-refractivity contribution in [1.29, 1.82) is 0 Å². The van der Waals surface area contributed by atoms with E-state index in [0.29, 0.717) is 22.0 Å². The molecule has 130 valence electrons. The van der Waals surface area contributed by atoms with E-state index in [-0.39, 0.29) is 5.91 Å². The highest BCUT2D eigenvalue weighted by atomic mass is 32.1. The smallest absolute Gasteiger partial charge is 0.255 e. The molecule has 4 aromatic rings. The highest BCUT2D eigenvalue weighted by Gasteiger charge is 2.14. The second-order valence-corrected chi connectivity index (χ2v) is 6.66. The van der Waals surface area contributed by atoms with E-state index < -0.39 is 0 Å². The molecular formula is C18H15N5O2S. The first kappa shape index (κ1) is 16.2. The number of fused-ring (bicyclic) bond motifs is 1. The third kappa shape index (κ3) is 3.02. The second-order valence-electron chi connectivity index (χ2n) is 5.70. The highest BCUT2D eigenvalue weighted by molar-refractivity contribution is 7.19. The van der Waals surface area contributed by atoms with Gasteiger partial charge in [0, 0.05) is 11.1 Å². The number of hydrogen-bond donors (Lipinski definition) is 1. The van der Waals surface area contributed by atoms with E-state index in [0.717, 1.165) is 16.1 Å². The third-order valence-corrected chi connectivity index (χ3v) is 4.86. The number of aromatic nitrogens is 4. The van der Waals surface area contributed by atoms with Crippen molar-refractivity contribution in [3.63, 3.8) is 0 Å². The van der Waals surface area contributed by atoms with Gasteiger partial charge in [-0.3, -0.25) is 4.79 Å². The lowest BCUT2D eigenvalue weighted by atomic mass is 10.1. The highest BCUT2D eigenvalue weighted by Crippen LogP contribution is 2.32. The standard InChI is InChI=1S/C18H15N5O2S/c1-11-3-5-12(6-4-11)16(24)20-14-9-13(7-8-15(14)25-2)17-22-23-10-19-21-18(23)26-17/h3-10H,1-2H3,(H,20,24). The second kappa shape index (κ2) is 6.57. The lowest BCUT2D eigenvalue weighted by Crippen LogP contribution is -2.12. The Morgan fingerprint density at radius 1 is 1.19 bits per heavy atom. The molecule has 1 amide bonds. The van der Waals surface area contributed by atoms with Crippen LogP contribution in [0.15, 0.2) is 48.8 Å². The van der Waals surface area contributed by atoms with Crippen LogP contribution in [0.3, 0.4) is 0 Å². The van der Waals surface area contributed by atoms with E-state index in [1.54, 1.807) is 30.1 Å². The number of methoxy groups -OCH3 is 1. The summed E-state index contributed by atoms with van der Waals surface area (Å²) in [5.41, 5.74) is 3.13. The number of nitrogens with zero attached hydrogens (tertiary/aromatic N) is 4. The molecule has 2 aromatic carbocycles. The van der Waals surface area contributed by atoms with Gasteiger partial charge >= 0.3 is 0 Å². The molecule has 8 heteroatoms. The van der Waals surface area contributed by atoms with Crippen molar-refractivity contribution >= 4 is 27.9 Å². The minimum absolute atomic E-state index is 0.196. The molecule has 0 aliphatic heterocycles. The van der Waals surface area contributed by atoms with Crippen molar-refractivity contribution < 1.29 is 9.53 Å². The molecule has 4 rings (SSSR count). The van der Waals surface area contributed by atoms with Crippen LogP contribution in [0.2, 0.25) is 0 Å². The Bertz CT molecular complexity index is 1060. The Morgan fingerprint density at radius 3 is 2.73 bits per heavy atom. The Morgan fingerprint density at radius 2 is 2.00 bits per heavy atom. The topological polar surface area (TPSA) is 81.4 Å². The number of ether oxygens (including phenoxy) is 1. The number of amides is 1. The van der Waals surface area contributed by atoms with Crippen LogP contribution in [-0.2, 0) is 0 Å². The number of aryl methyl sites for hydroxylation is 1.